The first-order valence-corrected chi connectivity index (χ1v) is 5.57. The first-order valence-electron chi connectivity index (χ1n) is 5.57. The van der Waals surface area contributed by atoms with Gasteiger partial charge in [0.15, 0.2) is 0 Å². The number of ether oxygens (including phenoxy) is 1. The van der Waals surface area contributed by atoms with Crippen LogP contribution in [0.3, 0.4) is 0 Å². The van der Waals surface area contributed by atoms with Crippen molar-refractivity contribution in [2.75, 3.05) is 14.2 Å². The van der Waals surface area contributed by atoms with E-state index in [-0.39, 0.29) is 0 Å². The van der Waals surface area contributed by atoms with Gasteiger partial charge >= 0.3 is 6.18 Å². The van der Waals surface area contributed by atoms with Crippen molar-refractivity contribution >= 4 is 5.70 Å². The summed E-state index contributed by atoms with van der Waals surface area (Å²) < 4.78 is 43.1. The summed E-state index contributed by atoms with van der Waals surface area (Å²) in [4.78, 5) is 0. The van der Waals surface area contributed by atoms with Crippen LogP contribution in [0.4, 0.5) is 13.2 Å². The fourth-order valence-corrected chi connectivity index (χ4v) is 1.65. The molecule has 0 aliphatic carbocycles. The minimum Gasteiger partial charge on any atom is -0.496 e. The van der Waals surface area contributed by atoms with Crippen molar-refractivity contribution in [3.05, 3.63) is 35.4 Å². The Labute approximate surface area is 104 Å². The molecule has 1 aromatic carbocycles. The third kappa shape index (κ3) is 3.18. The Bertz CT molecular complexity index is 438. The van der Waals surface area contributed by atoms with Crippen LogP contribution in [0.1, 0.15) is 24.5 Å². The molecule has 0 atom stereocenters. The van der Waals surface area contributed by atoms with Crippen LogP contribution < -0.4 is 10.1 Å². The van der Waals surface area contributed by atoms with Crippen LogP contribution in [0.2, 0.25) is 0 Å². The van der Waals surface area contributed by atoms with Crippen LogP contribution in [-0.2, 0) is 6.18 Å². The number of allylic oxidation sites excluding steroid dienone is 1. The molecule has 18 heavy (non-hydrogen) atoms. The van der Waals surface area contributed by atoms with Crippen molar-refractivity contribution in [2.24, 2.45) is 0 Å². The normalized spacial score (nSPS) is 12.4. The lowest BCUT2D eigenvalue weighted by molar-refractivity contribution is -0.137. The molecule has 2 nitrogen and oxygen atoms in total. The van der Waals surface area contributed by atoms with Gasteiger partial charge in [0.2, 0.25) is 0 Å². The Morgan fingerprint density at radius 1 is 1.39 bits per heavy atom. The molecule has 0 fully saturated rings. The molecule has 0 saturated carbocycles. The molecule has 0 saturated heterocycles. The predicted octanol–water partition coefficient (Wildman–Crippen LogP) is 3.68. The number of hydrogen-bond donors (Lipinski definition) is 1. The Kier molecular flexibility index (Phi) is 4.64. The lowest BCUT2D eigenvalue weighted by Gasteiger charge is -2.15. The summed E-state index contributed by atoms with van der Waals surface area (Å²) in [5.74, 6) is 0.414. The quantitative estimate of drug-likeness (QED) is 0.890. The second-order valence-corrected chi connectivity index (χ2v) is 3.69. The molecule has 1 aromatic rings. The van der Waals surface area contributed by atoms with E-state index in [1.165, 1.54) is 13.2 Å². The topological polar surface area (TPSA) is 21.3 Å². The van der Waals surface area contributed by atoms with Crippen molar-refractivity contribution in [1.82, 2.24) is 5.32 Å². The third-order valence-electron chi connectivity index (χ3n) is 2.49. The van der Waals surface area contributed by atoms with E-state index in [0.717, 1.165) is 18.6 Å². The van der Waals surface area contributed by atoms with Crippen LogP contribution >= 0.6 is 0 Å². The van der Waals surface area contributed by atoms with Gasteiger partial charge in [0.25, 0.3) is 0 Å². The highest BCUT2D eigenvalue weighted by Crippen LogP contribution is 2.34. The highest BCUT2D eigenvalue weighted by Gasteiger charge is 2.31. The van der Waals surface area contributed by atoms with E-state index in [2.05, 4.69) is 5.32 Å². The zero-order chi connectivity index (χ0) is 13.8. The van der Waals surface area contributed by atoms with E-state index < -0.39 is 11.7 Å². The molecule has 0 spiro atoms. The fraction of sp³-hybridized carbons (Fsp3) is 0.385. The first kappa shape index (κ1) is 14.4. The lowest BCUT2D eigenvalue weighted by atomic mass is 10.1. The van der Waals surface area contributed by atoms with Gasteiger partial charge in [0.05, 0.1) is 12.7 Å². The van der Waals surface area contributed by atoms with E-state index >= 15 is 0 Å². The molecule has 5 heteroatoms. The fourth-order valence-electron chi connectivity index (χ4n) is 1.65. The minimum atomic E-state index is -4.36. The van der Waals surface area contributed by atoms with E-state index in [9.17, 15) is 13.2 Å². The summed E-state index contributed by atoms with van der Waals surface area (Å²) in [6.07, 6.45) is -1.82. The van der Waals surface area contributed by atoms with Gasteiger partial charge in [-0.25, -0.2) is 0 Å². The third-order valence-corrected chi connectivity index (χ3v) is 2.49. The predicted molar refractivity (Wildman–Crippen MR) is 65.3 cm³/mol. The van der Waals surface area contributed by atoms with Crippen LogP contribution in [-0.4, -0.2) is 14.2 Å². The van der Waals surface area contributed by atoms with Crippen LogP contribution in [0, 0.1) is 0 Å². The minimum absolute atomic E-state index is 0.414. The summed E-state index contributed by atoms with van der Waals surface area (Å²) >= 11 is 0. The van der Waals surface area contributed by atoms with E-state index in [1.54, 1.807) is 7.05 Å². The molecule has 0 unspecified atom stereocenters. The molecule has 0 amide bonds. The second-order valence-electron chi connectivity index (χ2n) is 3.69. The number of benzene rings is 1. The van der Waals surface area contributed by atoms with Gasteiger partial charge in [-0.1, -0.05) is 13.0 Å². The SMILES string of the molecule is CC/C=C(\NC)c1cc(C(F)(F)F)ccc1OC. The average Bonchev–Trinajstić information content (AvgIpc) is 2.34. The van der Waals surface area contributed by atoms with Crippen LogP contribution in [0.15, 0.2) is 24.3 Å². The van der Waals surface area contributed by atoms with Crippen molar-refractivity contribution in [3.63, 3.8) is 0 Å². The van der Waals surface area contributed by atoms with Crippen molar-refractivity contribution in [1.29, 1.82) is 0 Å². The summed E-state index contributed by atoms with van der Waals surface area (Å²) in [7, 11) is 3.10. The zero-order valence-electron chi connectivity index (χ0n) is 10.6. The average molecular weight is 259 g/mol. The largest absolute Gasteiger partial charge is 0.496 e. The number of nitrogens with one attached hydrogen (secondary N) is 1. The van der Waals surface area contributed by atoms with Gasteiger partial charge in [-0.3, -0.25) is 0 Å². The van der Waals surface area contributed by atoms with Crippen LogP contribution in [0.5, 0.6) is 5.75 Å². The van der Waals surface area contributed by atoms with E-state index in [0.29, 0.717) is 17.0 Å². The second kappa shape index (κ2) is 5.80. The van der Waals surface area contributed by atoms with Crippen molar-refractivity contribution < 1.29 is 17.9 Å². The molecule has 0 bridgehead atoms. The van der Waals surface area contributed by atoms with Gasteiger partial charge < -0.3 is 10.1 Å². The number of alkyl halides is 3. The number of halogens is 3. The number of hydrogen-bond acceptors (Lipinski definition) is 2. The summed E-state index contributed by atoms with van der Waals surface area (Å²) in [6.45, 7) is 1.91. The lowest BCUT2D eigenvalue weighted by Crippen LogP contribution is -2.10. The Hall–Kier alpha value is -1.65. The molecule has 1 N–H and O–H groups in total. The van der Waals surface area contributed by atoms with Gasteiger partial charge in [0.1, 0.15) is 5.75 Å². The Morgan fingerprint density at radius 2 is 2.06 bits per heavy atom. The standard InChI is InChI=1S/C13H16F3NO/c1-4-5-11(17-2)10-8-9(13(14,15)16)6-7-12(10)18-3/h5-8,17H,4H2,1-3H3/b11-5-. The van der Waals surface area contributed by atoms with Gasteiger partial charge in [-0.05, 0) is 24.6 Å². The molecule has 1 rings (SSSR count). The maximum Gasteiger partial charge on any atom is 0.416 e. The summed E-state index contributed by atoms with van der Waals surface area (Å²) in [6, 6.07) is 3.44. The highest BCUT2D eigenvalue weighted by atomic mass is 19.4. The van der Waals surface area contributed by atoms with E-state index in [1.807, 2.05) is 13.0 Å². The van der Waals surface area contributed by atoms with Gasteiger partial charge in [-0.15, -0.1) is 0 Å². The monoisotopic (exact) mass is 259 g/mol. The smallest absolute Gasteiger partial charge is 0.416 e. The van der Waals surface area contributed by atoms with E-state index in [4.69, 9.17) is 4.74 Å². The van der Waals surface area contributed by atoms with Crippen LogP contribution in [0.25, 0.3) is 5.70 Å². The number of rotatable bonds is 4. The molecule has 0 heterocycles. The molecule has 0 radical (unpaired) electrons. The maximum absolute atomic E-state index is 12.7. The highest BCUT2D eigenvalue weighted by molar-refractivity contribution is 5.69. The molecule has 0 aromatic heterocycles. The Balaban J connectivity index is 3.34. The molecule has 0 aliphatic heterocycles. The molecule has 0 aliphatic rings. The first-order chi connectivity index (χ1) is 8.43. The summed E-state index contributed by atoms with van der Waals surface area (Å²) in [5.41, 5.74) is 0.354. The van der Waals surface area contributed by atoms with Gasteiger partial charge in [-0.2, -0.15) is 13.2 Å². The van der Waals surface area contributed by atoms with Crippen molar-refractivity contribution in [3.8, 4) is 5.75 Å². The summed E-state index contributed by atoms with van der Waals surface area (Å²) in [5, 5.41) is 2.89. The maximum atomic E-state index is 12.7. The number of methoxy groups -OCH3 is 1. The zero-order valence-corrected chi connectivity index (χ0v) is 10.6. The molecular weight excluding hydrogens is 243 g/mol. The van der Waals surface area contributed by atoms with Crippen molar-refractivity contribution in [2.45, 2.75) is 19.5 Å². The molecular formula is C13H16F3NO. The molecule has 100 valence electrons. The Morgan fingerprint density at radius 3 is 2.50 bits per heavy atom. The van der Waals surface area contributed by atoms with Gasteiger partial charge in [0, 0.05) is 18.3 Å².